The van der Waals surface area contributed by atoms with Gasteiger partial charge in [-0.3, -0.25) is 14.6 Å². The van der Waals surface area contributed by atoms with Crippen molar-refractivity contribution in [3.8, 4) is 17.0 Å². The number of benzene rings is 1. The standard InChI is InChI=1S/C14H17N3O2/c1-17-14(18)11(4-6-15)13(16-17)10-2-3-12-9(8-10)5-7-19-12/h2-3,8,16H,4-7,15H2,1H3. The van der Waals surface area contributed by atoms with E-state index in [0.717, 1.165) is 35.6 Å². The molecule has 100 valence electrons. The van der Waals surface area contributed by atoms with Gasteiger partial charge in [-0.1, -0.05) is 0 Å². The summed E-state index contributed by atoms with van der Waals surface area (Å²) in [5.74, 6) is 0.947. The summed E-state index contributed by atoms with van der Waals surface area (Å²) in [7, 11) is 1.72. The molecular weight excluding hydrogens is 242 g/mol. The van der Waals surface area contributed by atoms with Gasteiger partial charge in [0.1, 0.15) is 5.75 Å². The molecule has 0 saturated heterocycles. The first kappa shape index (κ1) is 12.0. The van der Waals surface area contributed by atoms with E-state index in [-0.39, 0.29) is 5.56 Å². The zero-order chi connectivity index (χ0) is 13.4. The lowest BCUT2D eigenvalue weighted by molar-refractivity contribution is 0.357. The highest BCUT2D eigenvalue weighted by atomic mass is 16.5. The predicted octanol–water partition coefficient (Wildman–Crippen LogP) is 0.816. The van der Waals surface area contributed by atoms with Gasteiger partial charge in [0.25, 0.3) is 5.56 Å². The van der Waals surface area contributed by atoms with Gasteiger partial charge in [-0.05, 0) is 36.7 Å². The molecule has 0 atom stereocenters. The van der Waals surface area contributed by atoms with E-state index < -0.39 is 0 Å². The maximum absolute atomic E-state index is 12.0. The van der Waals surface area contributed by atoms with E-state index in [1.165, 1.54) is 10.2 Å². The van der Waals surface area contributed by atoms with E-state index in [2.05, 4.69) is 11.2 Å². The zero-order valence-corrected chi connectivity index (χ0v) is 10.9. The van der Waals surface area contributed by atoms with Crippen LogP contribution < -0.4 is 16.0 Å². The van der Waals surface area contributed by atoms with Gasteiger partial charge >= 0.3 is 0 Å². The Morgan fingerprint density at radius 3 is 3.11 bits per heavy atom. The summed E-state index contributed by atoms with van der Waals surface area (Å²) in [5, 5.41) is 3.11. The average molecular weight is 259 g/mol. The van der Waals surface area contributed by atoms with Gasteiger partial charge in [-0.2, -0.15) is 0 Å². The number of hydrogen-bond donors (Lipinski definition) is 2. The van der Waals surface area contributed by atoms with Crippen LogP contribution in [0, 0.1) is 0 Å². The summed E-state index contributed by atoms with van der Waals surface area (Å²) in [6.45, 7) is 1.20. The van der Waals surface area contributed by atoms with Gasteiger partial charge in [-0.25, -0.2) is 0 Å². The number of aromatic nitrogens is 2. The summed E-state index contributed by atoms with van der Waals surface area (Å²) in [6.07, 6.45) is 1.51. The van der Waals surface area contributed by atoms with Crippen LogP contribution in [0.15, 0.2) is 23.0 Å². The van der Waals surface area contributed by atoms with Crippen molar-refractivity contribution in [2.45, 2.75) is 12.8 Å². The van der Waals surface area contributed by atoms with Gasteiger partial charge in [0, 0.05) is 24.6 Å². The number of fused-ring (bicyclic) bond motifs is 1. The summed E-state index contributed by atoms with van der Waals surface area (Å²) in [4.78, 5) is 12.0. The Kier molecular flexibility index (Phi) is 2.91. The molecule has 0 bridgehead atoms. The second-order valence-corrected chi connectivity index (χ2v) is 4.79. The number of ether oxygens (including phenoxy) is 1. The minimum atomic E-state index is -0.00259. The maximum atomic E-state index is 12.0. The van der Waals surface area contributed by atoms with Crippen LogP contribution >= 0.6 is 0 Å². The predicted molar refractivity (Wildman–Crippen MR) is 73.4 cm³/mol. The first-order valence-electron chi connectivity index (χ1n) is 6.44. The highest BCUT2D eigenvalue weighted by Crippen LogP contribution is 2.30. The molecule has 5 nitrogen and oxygen atoms in total. The average Bonchev–Trinajstić information content (AvgIpc) is 2.98. The minimum Gasteiger partial charge on any atom is -0.493 e. The molecular formula is C14H17N3O2. The van der Waals surface area contributed by atoms with Crippen molar-refractivity contribution in [3.63, 3.8) is 0 Å². The lowest BCUT2D eigenvalue weighted by Gasteiger charge is -2.04. The lowest BCUT2D eigenvalue weighted by atomic mass is 10.0. The van der Waals surface area contributed by atoms with Gasteiger partial charge in [0.05, 0.1) is 12.3 Å². The maximum Gasteiger partial charge on any atom is 0.270 e. The smallest absolute Gasteiger partial charge is 0.270 e. The van der Waals surface area contributed by atoms with Crippen molar-refractivity contribution in [2.24, 2.45) is 12.8 Å². The Balaban J connectivity index is 2.11. The van der Waals surface area contributed by atoms with Crippen LogP contribution in [-0.2, 0) is 19.9 Å². The van der Waals surface area contributed by atoms with Crippen LogP contribution in [0.1, 0.15) is 11.1 Å². The number of aryl methyl sites for hydroxylation is 1. The summed E-state index contributed by atoms with van der Waals surface area (Å²) >= 11 is 0. The lowest BCUT2D eigenvalue weighted by Crippen LogP contribution is -2.17. The quantitative estimate of drug-likeness (QED) is 0.857. The largest absolute Gasteiger partial charge is 0.493 e. The van der Waals surface area contributed by atoms with Crippen molar-refractivity contribution >= 4 is 0 Å². The zero-order valence-electron chi connectivity index (χ0n) is 10.9. The van der Waals surface area contributed by atoms with Crippen molar-refractivity contribution in [3.05, 3.63) is 39.7 Å². The van der Waals surface area contributed by atoms with Crippen molar-refractivity contribution in [1.82, 2.24) is 9.78 Å². The summed E-state index contributed by atoms with van der Waals surface area (Å²) < 4.78 is 7.00. The molecule has 1 aromatic heterocycles. The molecule has 1 aromatic carbocycles. The van der Waals surface area contributed by atoms with E-state index in [9.17, 15) is 4.79 Å². The summed E-state index contributed by atoms with van der Waals surface area (Å²) in [6, 6.07) is 6.04. The molecule has 0 saturated carbocycles. The molecule has 0 amide bonds. The van der Waals surface area contributed by atoms with Gasteiger partial charge in [0.2, 0.25) is 0 Å². The van der Waals surface area contributed by atoms with E-state index in [1.807, 2.05) is 12.1 Å². The Morgan fingerprint density at radius 2 is 2.32 bits per heavy atom. The van der Waals surface area contributed by atoms with Crippen molar-refractivity contribution in [1.29, 1.82) is 0 Å². The van der Waals surface area contributed by atoms with Crippen LogP contribution in [0.3, 0.4) is 0 Å². The third-order valence-corrected chi connectivity index (χ3v) is 3.52. The second kappa shape index (κ2) is 4.59. The molecule has 3 rings (SSSR count). The number of rotatable bonds is 3. The van der Waals surface area contributed by atoms with Crippen LogP contribution in [-0.4, -0.2) is 22.9 Å². The van der Waals surface area contributed by atoms with E-state index >= 15 is 0 Å². The monoisotopic (exact) mass is 259 g/mol. The molecule has 0 unspecified atom stereocenters. The number of nitrogens with one attached hydrogen (secondary N) is 1. The number of nitrogens with zero attached hydrogens (tertiary/aromatic N) is 1. The van der Waals surface area contributed by atoms with Crippen LogP contribution in [0.4, 0.5) is 0 Å². The molecule has 0 aliphatic carbocycles. The van der Waals surface area contributed by atoms with E-state index in [1.54, 1.807) is 7.05 Å². The highest BCUT2D eigenvalue weighted by molar-refractivity contribution is 5.65. The summed E-state index contributed by atoms with van der Waals surface area (Å²) in [5.41, 5.74) is 9.43. The Morgan fingerprint density at radius 1 is 1.47 bits per heavy atom. The molecule has 0 fully saturated rings. The fourth-order valence-electron chi connectivity index (χ4n) is 2.55. The third-order valence-electron chi connectivity index (χ3n) is 3.52. The Hall–Kier alpha value is -2.01. The Bertz CT molecular complexity index is 670. The molecule has 0 radical (unpaired) electrons. The normalized spacial score (nSPS) is 13.4. The first-order chi connectivity index (χ1) is 9.20. The molecule has 5 heteroatoms. The van der Waals surface area contributed by atoms with E-state index in [0.29, 0.717) is 13.0 Å². The first-order valence-corrected chi connectivity index (χ1v) is 6.44. The number of aromatic amines is 1. The molecule has 1 aliphatic rings. The third kappa shape index (κ3) is 1.96. The van der Waals surface area contributed by atoms with Gasteiger partial charge in [-0.15, -0.1) is 0 Å². The van der Waals surface area contributed by atoms with Crippen LogP contribution in [0.25, 0.3) is 11.3 Å². The highest BCUT2D eigenvalue weighted by Gasteiger charge is 2.17. The van der Waals surface area contributed by atoms with Gasteiger partial charge < -0.3 is 10.5 Å². The SMILES string of the molecule is Cn1[nH]c(-c2ccc3c(c2)CCO3)c(CCN)c1=O. The van der Waals surface area contributed by atoms with Crippen molar-refractivity contribution in [2.75, 3.05) is 13.2 Å². The fourth-order valence-corrected chi connectivity index (χ4v) is 2.55. The second-order valence-electron chi connectivity index (χ2n) is 4.79. The molecule has 2 heterocycles. The molecule has 19 heavy (non-hydrogen) atoms. The molecule has 3 N–H and O–H groups in total. The Labute approximate surface area is 111 Å². The van der Waals surface area contributed by atoms with E-state index in [4.69, 9.17) is 10.5 Å². The van der Waals surface area contributed by atoms with Gasteiger partial charge in [0.15, 0.2) is 0 Å². The van der Waals surface area contributed by atoms with Crippen LogP contribution in [0.2, 0.25) is 0 Å². The fraction of sp³-hybridized carbons (Fsp3) is 0.357. The van der Waals surface area contributed by atoms with Crippen LogP contribution in [0.5, 0.6) is 5.75 Å². The minimum absolute atomic E-state index is 0.00259. The topological polar surface area (TPSA) is 73.0 Å². The number of H-pyrrole nitrogens is 1. The van der Waals surface area contributed by atoms with Crippen molar-refractivity contribution < 1.29 is 4.74 Å². The molecule has 1 aliphatic heterocycles. The molecule has 2 aromatic rings. The molecule has 0 spiro atoms. The number of nitrogens with two attached hydrogens (primary N) is 1. The number of hydrogen-bond acceptors (Lipinski definition) is 3.